The second-order valence-electron chi connectivity index (χ2n) is 6.40. The summed E-state index contributed by atoms with van der Waals surface area (Å²) >= 11 is 0. The molecule has 0 bridgehead atoms. The Labute approximate surface area is 134 Å². The zero-order chi connectivity index (χ0) is 15.8. The third-order valence-electron chi connectivity index (χ3n) is 4.48. The maximum absolute atomic E-state index is 4.76. The van der Waals surface area contributed by atoms with Crippen molar-refractivity contribution >= 4 is 28.6 Å². The van der Waals surface area contributed by atoms with Crippen LogP contribution >= 0.6 is 0 Å². The molecule has 4 rings (SSSR count). The minimum absolute atomic E-state index is 0.791. The smallest absolute Gasteiger partial charge is 0.347 e. The number of rotatable bonds is 3. The minimum atomic E-state index is 0.791. The lowest BCUT2D eigenvalue weighted by molar-refractivity contribution is -0.349. The van der Waals surface area contributed by atoms with Crippen molar-refractivity contribution in [1.82, 2.24) is 20.2 Å². The van der Waals surface area contributed by atoms with Crippen LogP contribution < -0.4 is 15.2 Å². The number of fused-ring (bicyclic) bond motifs is 1. The molecule has 4 N–H and O–H groups in total. The maximum Gasteiger partial charge on any atom is 0.347 e. The van der Waals surface area contributed by atoms with Crippen LogP contribution in [0.4, 0.5) is 17.6 Å². The Hall–Kier alpha value is -2.57. The molecule has 120 valence electrons. The number of aryl methyl sites for hydroxylation is 1. The van der Waals surface area contributed by atoms with Gasteiger partial charge < -0.3 is 4.98 Å². The predicted molar refractivity (Wildman–Crippen MR) is 89.9 cm³/mol. The first-order chi connectivity index (χ1) is 11.2. The van der Waals surface area contributed by atoms with Crippen molar-refractivity contribution in [3.8, 4) is 0 Å². The predicted octanol–water partition coefficient (Wildman–Crippen LogP) is 2.39. The molecular formula is C16H22N7+. The van der Waals surface area contributed by atoms with Crippen LogP contribution in [0.3, 0.4) is 0 Å². The molecule has 1 saturated heterocycles. The van der Waals surface area contributed by atoms with Crippen molar-refractivity contribution in [2.75, 3.05) is 23.3 Å². The normalized spacial score (nSPS) is 16.2. The Kier molecular flexibility index (Phi) is 3.40. The van der Waals surface area contributed by atoms with Gasteiger partial charge in [-0.2, -0.15) is 0 Å². The summed E-state index contributed by atoms with van der Waals surface area (Å²) < 4.78 is 0. The Morgan fingerprint density at radius 2 is 2.17 bits per heavy atom. The molecule has 0 aromatic carbocycles. The number of piperidine rings is 1. The van der Waals surface area contributed by atoms with Gasteiger partial charge in [0, 0.05) is 18.0 Å². The molecule has 0 unspecified atom stereocenters. The summed E-state index contributed by atoms with van der Waals surface area (Å²) in [7, 11) is 0. The molecule has 7 nitrogen and oxygen atoms in total. The van der Waals surface area contributed by atoms with Crippen LogP contribution in [0, 0.1) is 12.8 Å². The van der Waals surface area contributed by atoms with Crippen LogP contribution in [0.1, 0.15) is 25.5 Å². The molecule has 7 heteroatoms. The van der Waals surface area contributed by atoms with E-state index in [2.05, 4.69) is 37.3 Å². The van der Waals surface area contributed by atoms with E-state index in [1.807, 2.05) is 25.3 Å². The molecule has 1 aliphatic rings. The molecule has 4 heterocycles. The number of aromatic nitrogens is 5. The van der Waals surface area contributed by atoms with Gasteiger partial charge in [-0.1, -0.05) is 6.92 Å². The molecule has 0 spiro atoms. The first kappa shape index (κ1) is 14.0. The zero-order valence-electron chi connectivity index (χ0n) is 13.5. The fourth-order valence-corrected chi connectivity index (χ4v) is 3.05. The summed E-state index contributed by atoms with van der Waals surface area (Å²) in [6.07, 6.45) is 4.33. The van der Waals surface area contributed by atoms with E-state index >= 15 is 0 Å². The van der Waals surface area contributed by atoms with E-state index in [1.165, 1.54) is 12.8 Å². The molecule has 0 atom stereocenters. The third kappa shape index (κ3) is 2.74. The van der Waals surface area contributed by atoms with E-state index in [4.69, 9.17) is 4.98 Å². The van der Waals surface area contributed by atoms with Crippen molar-refractivity contribution in [3.63, 3.8) is 0 Å². The third-order valence-corrected chi connectivity index (χ3v) is 4.48. The lowest BCUT2D eigenvalue weighted by Crippen LogP contribution is -2.37. The summed E-state index contributed by atoms with van der Waals surface area (Å²) in [4.78, 5) is 13.8. The number of hydrogen-bond donors (Lipinski definition) is 3. The second-order valence-corrected chi connectivity index (χ2v) is 6.40. The van der Waals surface area contributed by atoms with Crippen molar-refractivity contribution in [2.45, 2.75) is 26.7 Å². The quantitative estimate of drug-likeness (QED) is 0.693. The molecule has 3 aromatic heterocycles. The Morgan fingerprint density at radius 3 is 2.91 bits per heavy atom. The minimum Gasteiger partial charge on any atom is -0.354 e. The first-order valence-electron chi connectivity index (χ1n) is 8.13. The van der Waals surface area contributed by atoms with Gasteiger partial charge in [0.15, 0.2) is 11.3 Å². The van der Waals surface area contributed by atoms with Crippen LogP contribution in [0.5, 0.6) is 0 Å². The van der Waals surface area contributed by atoms with Gasteiger partial charge in [-0.15, -0.1) is 10.1 Å². The van der Waals surface area contributed by atoms with E-state index in [0.29, 0.717) is 0 Å². The lowest BCUT2D eigenvalue weighted by Gasteiger charge is -2.26. The lowest BCUT2D eigenvalue weighted by atomic mass is 10.00. The van der Waals surface area contributed by atoms with Gasteiger partial charge in [0.2, 0.25) is 5.82 Å². The molecular weight excluding hydrogens is 290 g/mol. The summed E-state index contributed by atoms with van der Waals surface area (Å²) in [5.74, 6) is 3.39. The second kappa shape index (κ2) is 5.57. The van der Waals surface area contributed by atoms with E-state index < -0.39 is 0 Å². The van der Waals surface area contributed by atoms with Crippen LogP contribution in [0.25, 0.3) is 11.0 Å². The molecule has 0 radical (unpaired) electrons. The maximum atomic E-state index is 4.76. The standard InChI is InChI=1S/C16H21N7/c1-10-4-7-23(8-5-10)16-18-12-3-6-17-14(12)15(20-16)19-13-9-11(2)21-22-13/h3,6,9-10,17H,4-5,7-8H2,1-2H3,(H2,18,19,20,21,22)/p+1. The largest absolute Gasteiger partial charge is 0.354 e. The zero-order valence-corrected chi connectivity index (χ0v) is 13.5. The van der Waals surface area contributed by atoms with E-state index in [-0.39, 0.29) is 0 Å². The average molecular weight is 312 g/mol. The summed E-state index contributed by atoms with van der Waals surface area (Å²) in [6.45, 7) is 6.39. The number of nitrogens with zero attached hydrogens (tertiary/aromatic N) is 3. The van der Waals surface area contributed by atoms with Crippen LogP contribution in [0.2, 0.25) is 0 Å². The number of nitrogens with one attached hydrogen (secondary N) is 4. The Balaban J connectivity index is 1.69. The van der Waals surface area contributed by atoms with E-state index in [0.717, 1.165) is 53.3 Å². The molecule has 23 heavy (non-hydrogen) atoms. The number of anilines is 3. The van der Waals surface area contributed by atoms with Crippen LogP contribution in [-0.2, 0) is 0 Å². The van der Waals surface area contributed by atoms with Crippen LogP contribution in [-0.4, -0.2) is 33.3 Å². The monoisotopic (exact) mass is 312 g/mol. The van der Waals surface area contributed by atoms with Gasteiger partial charge in [-0.3, -0.25) is 15.3 Å². The molecule has 3 aromatic rings. The highest BCUT2D eigenvalue weighted by Crippen LogP contribution is 2.24. The molecule has 0 amide bonds. The van der Waals surface area contributed by atoms with E-state index in [1.54, 1.807) is 0 Å². The fourth-order valence-electron chi connectivity index (χ4n) is 3.05. The van der Waals surface area contributed by atoms with E-state index in [9.17, 15) is 0 Å². The first-order valence-corrected chi connectivity index (χ1v) is 8.13. The van der Waals surface area contributed by atoms with Gasteiger partial charge in [-0.05, 0) is 31.7 Å². The average Bonchev–Trinajstić information content (AvgIpc) is 3.17. The number of aromatic amines is 3. The summed E-state index contributed by atoms with van der Waals surface area (Å²) in [5.41, 5.74) is 2.93. The fraction of sp³-hybridized carbons (Fsp3) is 0.438. The van der Waals surface area contributed by atoms with Crippen molar-refractivity contribution in [1.29, 1.82) is 0 Å². The van der Waals surface area contributed by atoms with Gasteiger partial charge in [0.1, 0.15) is 5.52 Å². The van der Waals surface area contributed by atoms with Gasteiger partial charge in [0.05, 0.1) is 13.1 Å². The topological polar surface area (TPSA) is 86.8 Å². The highest BCUT2D eigenvalue weighted by atomic mass is 15.3. The number of hydrogen-bond acceptors (Lipinski definition) is 4. The van der Waals surface area contributed by atoms with Gasteiger partial charge in [-0.25, -0.2) is 4.98 Å². The van der Waals surface area contributed by atoms with Gasteiger partial charge >= 0.3 is 5.95 Å². The molecule has 0 saturated carbocycles. The molecule has 1 fully saturated rings. The SMILES string of the molecule is Cc1cc(Nc2[nH+]c(N3CCC(C)CC3)nc3cc[nH]c23)n[nH]1. The number of H-pyrrole nitrogens is 3. The van der Waals surface area contributed by atoms with Crippen molar-refractivity contribution < 1.29 is 4.98 Å². The highest BCUT2D eigenvalue weighted by molar-refractivity contribution is 5.86. The van der Waals surface area contributed by atoms with Crippen molar-refractivity contribution in [2.24, 2.45) is 5.92 Å². The highest BCUT2D eigenvalue weighted by Gasteiger charge is 2.24. The molecule has 1 aliphatic heterocycles. The summed E-state index contributed by atoms with van der Waals surface area (Å²) in [5, 5.41) is 10.5. The summed E-state index contributed by atoms with van der Waals surface area (Å²) in [6, 6.07) is 3.98. The Morgan fingerprint density at radius 1 is 1.35 bits per heavy atom. The van der Waals surface area contributed by atoms with Crippen LogP contribution in [0.15, 0.2) is 18.3 Å². The van der Waals surface area contributed by atoms with Gasteiger partial charge in [0.25, 0.3) is 0 Å². The molecule has 0 aliphatic carbocycles. The van der Waals surface area contributed by atoms with Crippen molar-refractivity contribution in [3.05, 3.63) is 24.0 Å². The Bertz CT molecular complexity index is 811.